The molecule has 12 heavy (non-hydrogen) atoms. The minimum Gasteiger partial charge on any atom is -0.309 e. The van der Waals surface area contributed by atoms with Crippen molar-refractivity contribution in [3.05, 3.63) is 35.4 Å². The number of hydrogen-bond acceptors (Lipinski definition) is 1. The Morgan fingerprint density at radius 3 is 2.58 bits per heavy atom. The Hall–Kier alpha value is -0.00610. The molecule has 0 N–H and O–H groups in total. The van der Waals surface area contributed by atoms with Gasteiger partial charge in [-0.2, -0.15) is 29.8 Å². The fourth-order valence-corrected chi connectivity index (χ4v) is 0.880. The average Bonchev–Trinajstić information content (AvgIpc) is 2.05. The van der Waals surface area contributed by atoms with E-state index in [0.29, 0.717) is 6.42 Å². The molecule has 0 aliphatic carbocycles. The van der Waals surface area contributed by atoms with Crippen LogP contribution in [0.1, 0.15) is 29.3 Å². The summed E-state index contributed by atoms with van der Waals surface area (Å²) >= 11 is 0. The summed E-state index contributed by atoms with van der Waals surface area (Å²) in [7, 11) is 0. The molecule has 0 bridgehead atoms. The number of aryl methyl sites for hydroxylation is 1. The minimum absolute atomic E-state index is 0. The molecule has 1 nitrogen and oxygen atoms in total. The Morgan fingerprint density at radius 2 is 2.17 bits per heavy atom. The Balaban J connectivity index is 0.00000121. The van der Waals surface area contributed by atoms with E-state index in [-0.39, 0.29) is 38.5 Å². The topological polar surface area (TPSA) is 17.1 Å². The fraction of sp³-hybridized carbons (Fsp3) is 0.300. The number of hydrogen-bond donors (Lipinski definition) is 0. The van der Waals surface area contributed by atoms with Gasteiger partial charge in [-0.15, -0.1) is 0 Å². The van der Waals surface area contributed by atoms with Gasteiger partial charge in [0.05, 0.1) is 0 Å². The van der Waals surface area contributed by atoms with E-state index < -0.39 is 0 Å². The zero-order valence-corrected chi connectivity index (χ0v) is 10.3. The molecule has 0 aliphatic rings. The number of rotatable bonds is 2. The summed E-state index contributed by atoms with van der Waals surface area (Å²) in [5.41, 5.74) is 1.83. The predicted octanol–water partition coefficient (Wildman–Crippen LogP) is 2.39. The number of carbonyl (C=O) groups excluding carboxylic acids is 1. The molecule has 0 unspecified atom stereocenters. The van der Waals surface area contributed by atoms with Crippen LogP contribution in [-0.4, -0.2) is 5.78 Å². The van der Waals surface area contributed by atoms with E-state index in [1.165, 1.54) is 0 Å². The molecule has 1 radical (unpaired) electrons. The van der Waals surface area contributed by atoms with Crippen LogP contribution in [0, 0.1) is 13.0 Å². The maximum atomic E-state index is 11.1. The van der Waals surface area contributed by atoms with Crippen LogP contribution in [0.3, 0.4) is 0 Å². The average molecular weight is 236 g/mol. The van der Waals surface area contributed by atoms with Gasteiger partial charge in [-0.05, 0) is 6.42 Å². The van der Waals surface area contributed by atoms with Crippen LogP contribution in [0.15, 0.2) is 18.2 Å². The van der Waals surface area contributed by atoms with Gasteiger partial charge in [-0.3, -0.25) is 0 Å². The van der Waals surface area contributed by atoms with Gasteiger partial charge in [0.1, 0.15) is 5.78 Å². The summed E-state index contributed by atoms with van der Waals surface area (Å²) in [6.07, 6.45) is 0.566. The van der Waals surface area contributed by atoms with Gasteiger partial charge >= 0.3 is 0 Å². The molecule has 2 heteroatoms. The third kappa shape index (κ3) is 3.16. The second-order valence-electron chi connectivity index (χ2n) is 2.54. The van der Waals surface area contributed by atoms with Gasteiger partial charge in [0.15, 0.2) is 0 Å². The fourth-order valence-electron chi connectivity index (χ4n) is 0.880. The largest absolute Gasteiger partial charge is 0.309 e. The van der Waals surface area contributed by atoms with Crippen molar-refractivity contribution in [1.29, 1.82) is 0 Å². The Bertz CT molecular complexity index is 251. The van der Waals surface area contributed by atoms with Crippen molar-refractivity contribution in [2.24, 2.45) is 0 Å². The van der Waals surface area contributed by atoms with Gasteiger partial charge in [-0.25, -0.2) is 0 Å². The van der Waals surface area contributed by atoms with Gasteiger partial charge in [0, 0.05) is 32.7 Å². The molecule has 0 spiro atoms. The molecule has 0 atom stereocenters. The normalized spacial score (nSPS) is 8.83. The van der Waals surface area contributed by atoms with Crippen molar-refractivity contribution >= 4 is 5.78 Å². The van der Waals surface area contributed by atoms with Crippen LogP contribution < -0.4 is 0 Å². The Labute approximate surface area is 98.4 Å². The second kappa shape index (κ2) is 5.61. The van der Waals surface area contributed by atoms with Gasteiger partial charge in [0.2, 0.25) is 0 Å². The van der Waals surface area contributed by atoms with Crippen LogP contribution in [0.5, 0.6) is 0 Å². The number of Topliss-reactive ketones (excluding diaryl/α,β-unsaturated/α-hetero) is 1. The minimum atomic E-state index is 0. The summed E-state index contributed by atoms with van der Waals surface area (Å²) in [6, 6.07) is 8.50. The molecule has 0 heterocycles. The summed E-state index contributed by atoms with van der Waals surface area (Å²) in [5.74, 6) is 0.182. The molecule has 0 aliphatic heterocycles. The zero-order valence-electron chi connectivity index (χ0n) is 7.42. The number of ketones is 1. The molecular weight excluding hydrogens is 225 g/mol. The van der Waals surface area contributed by atoms with Crippen molar-refractivity contribution in [2.75, 3.05) is 0 Å². The predicted molar refractivity (Wildman–Crippen MR) is 44.6 cm³/mol. The maximum Gasteiger partial charge on any atom is 0.108 e. The van der Waals surface area contributed by atoms with E-state index in [0.717, 1.165) is 11.1 Å². The molecular formula is C10H11OY-. The molecule has 0 saturated heterocycles. The van der Waals surface area contributed by atoms with Crippen LogP contribution in [0.25, 0.3) is 0 Å². The first-order valence-electron chi connectivity index (χ1n) is 3.75. The van der Waals surface area contributed by atoms with Crippen molar-refractivity contribution in [1.82, 2.24) is 0 Å². The molecule has 0 fully saturated rings. The van der Waals surface area contributed by atoms with Crippen molar-refractivity contribution in [2.45, 2.75) is 20.3 Å². The maximum absolute atomic E-state index is 11.1. The summed E-state index contributed by atoms with van der Waals surface area (Å²) < 4.78 is 0. The third-order valence-electron chi connectivity index (χ3n) is 1.61. The summed E-state index contributed by atoms with van der Waals surface area (Å²) in [5, 5.41) is 0. The van der Waals surface area contributed by atoms with Crippen molar-refractivity contribution in [3.63, 3.8) is 0 Å². The van der Waals surface area contributed by atoms with Crippen molar-refractivity contribution < 1.29 is 37.5 Å². The van der Waals surface area contributed by atoms with E-state index in [4.69, 9.17) is 0 Å². The smallest absolute Gasteiger partial charge is 0.108 e. The Morgan fingerprint density at radius 1 is 1.50 bits per heavy atom. The molecule has 0 aromatic heterocycles. The van der Waals surface area contributed by atoms with E-state index >= 15 is 0 Å². The monoisotopic (exact) mass is 236 g/mol. The SMILES string of the molecule is CCC(=O)c1c[c-]c(C)cc1.[Y]. The molecule has 0 amide bonds. The van der Waals surface area contributed by atoms with E-state index in [2.05, 4.69) is 6.07 Å². The second-order valence-corrected chi connectivity index (χ2v) is 2.54. The first-order chi connectivity index (χ1) is 5.24. The summed E-state index contributed by atoms with van der Waals surface area (Å²) in [6.45, 7) is 3.82. The molecule has 0 saturated carbocycles. The molecule has 1 aromatic rings. The van der Waals surface area contributed by atoms with Crippen molar-refractivity contribution in [3.8, 4) is 0 Å². The van der Waals surface area contributed by atoms with Gasteiger partial charge < -0.3 is 4.79 Å². The number of carbonyl (C=O) groups is 1. The van der Waals surface area contributed by atoms with Crippen LogP contribution in [-0.2, 0) is 32.7 Å². The van der Waals surface area contributed by atoms with Gasteiger partial charge in [-0.1, -0.05) is 19.4 Å². The first-order valence-corrected chi connectivity index (χ1v) is 3.75. The molecule has 1 aromatic carbocycles. The van der Waals surface area contributed by atoms with E-state index in [1.807, 2.05) is 26.0 Å². The summed E-state index contributed by atoms with van der Waals surface area (Å²) in [4.78, 5) is 11.1. The third-order valence-corrected chi connectivity index (χ3v) is 1.61. The van der Waals surface area contributed by atoms with Crippen LogP contribution in [0.4, 0.5) is 0 Å². The number of benzene rings is 1. The zero-order chi connectivity index (χ0) is 8.27. The van der Waals surface area contributed by atoms with Crippen LogP contribution in [0.2, 0.25) is 0 Å². The van der Waals surface area contributed by atoms with Gasteiger partial charge in [0.25, 0.3) is 0 Å². The first kappa shape index (κ1) is 12.0. The standard InChI is InChI=1S/C10H11O.Y/c1-3-10(11)9-6-4-8(2)5-7-9;/h4,6-7H,3H2,1-2H3;/q-1;. The Kier molecular flexibility index (Phi) is 5.60. The van der Waals surface area contributed by atoms with E-state index in [9.17, 15) is 4.79 Å². The van der Waals surface area contributed by atoms with Crippen LogP contribution >= 0.6 is 0 Å². The molecule has 61 valence electrons. The quantitative estimate of drug-likeness (QED) is 0.569. The van der Waals surface area contributed by atoms with E-state index in [1.54, 1.807) is 6.07 Å². The molecule has 1 rings (SSSR count).